The molecule has 3 aromatic rings. The first kappa shape index (κ1) is 15.5. The van der Waals surface area contributed by atoms with Gasteiger partial charge < -0.3 is 10.5 Å². The minimum atomic E-state index is 0.478. The molecule has 3 rings (SSSR count). The van der Waals surface area contributed by atoms with Crippen LogP contribution < -0.4 is 15.9 Å². The molecule has 7 heteroatoms. The van der Waals surface area contributed by atoms with Crippen LogP contribution in [0.5, 0.6) is 11.5 Å². The number of anilines is 2. The second kappa shape index (κ2) is 7.26. The number of nitrogen functional groups attached to an aromatic ring is 1. The van der Waals surface area contributed by atoms with Crippen molar-refractivity contribution in [2.75, 3.05) is 11.2 Å². The number of halogens is 1. The number of thiazole rings is 1. The number of nitrogens with two attached hydrogens (primary N) is 1. The normalized spacial score (nSPS) is 10.8. The molecule has 0 spiro atoms. The Balaban J connectivity index is 1.73. The molecular formula is C16H13BrN4OS. The number of nitrogens with zero attached hydrogens (tertiary/aromatic N) is 2. The summed E-state index contributed by atoms with van der Waals surface area (Å²) in [4.78, 5) is 4.08. The van der Waals surface area contributed by atoms with Gasteiger partial charge in [0.05, 0.1) is 6.21 Å². The van der Waals surface area contributed by atoms with Crippen LogP contribution in [0.15, 0.2) is 63.5 Å². The summed E-state index contributed by atoms with van der Waals surface area (Å²) in [5, 5.41) is 6.57. The lowest BCUT2D eigenvalue weighted by Crippen LogP contribution is -1.94. The molecule has 5 nitrogen and oxygen atoms in total. The lowest BCUT2D eigenvalue weighted by atomic mass is 10.2. The van der Waals surface area contributed by atoms with E-state index in [2.05, 4.69) is 31.4 Å². The van der Waals surface area contributed by atoms with E-state index in [0.717, 1.165) is 21.5 Å². The molecule has 23 heavy (non-hydrogen) atoms. The van der Waals surface area contributed by atoms with Gasteiger partial charge in [0.25, 0.3) is 0 Å². The summed E-state index contributed by atoms with van der Waals surface area (Å²) in [6.07, 6.45) is 1.69. The zero-order chi connectivity index (χ0) is 16.1. The molecule has 0 aliphatic carbocycles. The smallest absolute Gasteiger partial charge is 0.205 e. The number of ether oxygens (including phenoxy) is 1. The highest BCUT2D eigenvalue weighted by molar-refractivity contribution is 9.10. The monoisotopic (exact) mass is 388 g/mol. The fourth-order valence-electron chi connectivity index (χ4n) is 1.80. The van der Waals surface area contributed by atoms with E-state index in [0.29, 0.717) is 10.9 Å². The quantitative estimate of drug-likeness (QED) is 0.489. The maximum atomic E-state index is 5.90. The minimum absolute atomic E-state index is 0.478. The predicted molar refractivity (Wildman–Crippen MR) is 98.4 cm³/mol. The van der Waals surface area contributed by atoms with Crippen molar-refractivity contribution in [1.82, 2.24) is 4.98 Å². The summed E-state index contributed by atoms with van der Waals surface area (Å²) in [5.74, 6) is 1.96. The van der Waals surface area contributed by atoms with Gasteiger partial charge >= 0.3 is 0 Å². The number of hydrogen-bond acceptors (Lipinski definition) is 6. The van der Waals surface area contributed by atoms with Crippen LogP contribution in [0.25, 0.3) is 0 Å². The largest absolute Gasteiger partial charge is 0.457 e. The summed E-state index contributed by atoms with van der Waals surface area (Å²) in [7, 11) is 0. The maximum absolute atomic E-state index is 5.90. The Kier molecular flexibility index (Phi) is 4.89. The van der Waals surface area contributed by atoms with Gasteiger partial charge in [0.2, 0.25) is 5.13 Å². The summed E-state index contributed by atoms with van der Waals surface area (Å²) in [5.41, 5.74) is 9.27. The van der Waals surface area contributed by atoms with Crippen LogP contribution in [0.3, 0.4) is 0 Å². The molecule has 0 atom stereocenters. The lowest BCUT2D eigenvalue weighted by Gasteiger charge is -2.08. The maximum Gasteiger partial charge on any atom is 0.205 e. The van der Waals surface area contributed by atoms with Crippen LogP contribution in [0, 0.1) is 0 Å². The molecule has 1 aromatic heterocycles. The number of para-hydroxylation sites is 1. The van der Waals surface area contributed by atoms with E-state index in [4.69, 9.17) is 10.5 Å². The molecule has 0 aliphatic heterocycles. The highest BCUT2D eigenvalue weighted by Gasteiger charge is 2.03. The molecule has 3 N–H and O–H groups in total. The molecule has 116 valence electrons. The molecule has 0 unspecified atom stereocenters. The Bertz CT molecular complexity index is 817. The third-order valence-corrected chi connectivity index (χ3v) is 4.14. The van der Waals surface area contributed by atoms with Crippen molar-refractivity contribution in [3.63, 3.8) is 0 Å². The molecule has 0 bridgehead atoms. The summed E-state index contributed by atoms with van der Waals surface area (Å²) >= 11 is 4.80. The van der Waals surface area contributed by atoms with Gasteiger partial charge in [0.15, 0.2) is 0 Å². The Morgan fingerprint density at radius 2 is 1.96 bits per heavy atom. The van der Waals surface area contributed by atoms with Crippen molar-refractivity contribution in [3.05, 3.63) is 63.9 Å². The summed E-state index contributed by atoms with van der Waals surface area (Å²) in [6, 6.07) is 15.3. The Morgan fingerprint density at radius 1 is 1.17 bits per heavy atom. The number of rotatable bonds is 5. The lowest BCUT2D eigenvalue weighted by molar-refractivity contribution is 0.482. The van der Waals surface area contributed by atoms with Gasteiger partial charge in [-0.3, -0.25) is 5.43 Å². The number of aromatic nitrogens is 1. The second-order valence-corrected chi connectivity index (χ2v) is 6.32. The average Bonchev–Trinajstić information content (AvgIpc) is 2.97. The zero-order valence-electron chi connectivity index (χ0n) is 11.9. The van der Waals surface area contributed by atoms with E-state index in [1.54, 1.807) is 11.6 Å². The van der Waals surface area contributed by atoms with E-state index in [1.807, 2.05) is 48.5 Å². The molecule has 0 saturated heterocycles. The van der Waals surface area contributed by atoms with E-state index < -0.39 is 0 Å². The first-order valence-corrected chi connectivity index (χ1v) is 8.40. The fraction of sp³-hybridized carbons (Fsp3) is 0. The number of nitrogens with one attached hydrogen (secondary N) is 1. The van der Waals surface area contributed by atoms with Gasteiger partial charge in [-0.2, -0.15) is 5.10 Å². The third-order valence-electron chi connectivity index (χ3n) is 2.85. The van der Waals surface area contributed by atoms with Crippen molar-refractivity contribution in [3.8, 4) is 11.5 Å². The molecular weight excluding hydrogens is 376 g/mol. The van der Waals surface area contributed by atoms with E-state index in [9.17, 15) is 0 Å². The van der Waals surface area contributed by atoms with Crippen LogP contribution in [-0.4, -0.2) is 11.2 Å². The standard InChI is InChI=1S/C16H13BrN4OS/c17-12-5-7-13(8-6-12)22-14-4-2-1-3-11(14)9-19-21-16-20-15(18)10-23-16/h1-10H,18H2,(H,20,21). The van der Waals surface area contributed by atoms with Gasteiger partial charge in [-0.05, 0) is 36.4 Å². The SMILES string of the molecule is Nc1csc(NN=Cc2ccccc2Oc2ccc(Br)cc2)n1. The van der Waals surface area contributed by atoms with Crippen molar-refractivity contribution in [2.45, 2.75) is 0 Å². The molecule has 2 aromatic carbocycles. The topological polar surface area (TPSA) is 72.5 Å². The van der Waals surface area contributed by atoms with Crippen molar-refractivity contribution in [2.24, 2.45) is 5.10 Å². The van der Waals surface area contributed by atoms with Crippen molar-refractivity contribution < 1.29 is 4.74 Å². The Morgan fingerprint density at radius 3 is 2.70 bits per heavy atom. The number of hydrazone groups is 1. The van der Waals surface area contributed by atoms with Crippen LogP contribution in [0.1, 0.15) is 5.56 Å². The molecule has 0 amide bonds. The van der Waals surface area contributed by atoms with E-state index in [-0.39, 0.29) is 0 Å². The number of benzene rings is 2. The average molecular weight is 389 g/mol. The third kappa shape index (κ3) is 4.30. The molecule has 0 radical (unpaired) electrons. The molecule has 1 heterocycles. The fourth-order valence-corrected chi connectivity index (χ4v) is 2.62. The second-order valence-electron chi connectivity index (χ2n) is 4.54. The minimum Gasteiger partial charge on any atom is -0.457 e. The molecule has 0 aliphatic rings. The summed E-state index contributed by atoms with van der Waals surface area (Å²) in [6.45, 7) is 0. The predicted octanol–water partition coefficient (Wildman–Crippen LogP) is 4.73. The van der Waals surface area contributed by atoms with E-state index in [1.165, 1.54) is 11.3 Å². The number of hydrogen-bond donors (Lipinski definition) is 2. The van der Waals surface area contributed by atoms with Gasteiger partial charge in [-0.1, -0.05) is 28.1 Å². The van der Waals surface area contributed by atoms with E-state index >= 15 is 0 Å². The van der Waals surface area contributed by atoms with Crippen LogP contribution in [0.2, 0.25) is 0 Å². The first-order chi connectivity index (χ1) is 11.2. The summed E-state index contributed by atoms with van der Waals surface area (Å²) < 4.78 is 6.90. The van der Waals surface area contributed by atoms with Gasteiger partial charge in [-0.25, -0.2) is 4.98 Å². The van der Waals surface area contributed by atoms with Crippen LogP contribution in [-0.2, 0) is 0 Å². The highest BCUT2D eigenvalue weighted by atomic mass is 79.9. The van der Waals surface area contributed by atoms with Crippen LogP contribution in [0.4, 0.5) is 10.9 Å². The van der Waals surface area contributed by atoms with Crippen LogP contribution >= 0.6 is 27.3 Å². The highest BCUT2D eigenvalue weighted by Crippen LogP contribution is 2.25. The van der Waals surface area contributed by atoms with Crippen molar-refractivity contribution >= 4 is 44.4 Å². The van der Waals surface area contributed by atoms with Crippen molar-refractivity contribution in [1.29, 1.82) is 0 Å². The van der Waals surface area contributed by atoms with Gasteiger partial charge in [-0.15, -0.1) is 11.3 Å². The Hall–Kier alpha value is -2.38. The molecule has 0 fully saturated rings. The van der Waals surface area contributed by atoms with Gasteiger partial charge in [0.1, 0.15) is 17.3 Å². The Labute approximate surface area is 146 Å². The first-order valence-electron chi connectivity index (χ1n) is 6.73. The zero-order valence-corrected chi connectivity index (χ0v) is 14.3. The molecule has 0 saturated carbocycles. The van der Waals surface area contributed by atoms with Gasteiger partial charge in [0, 0.05) is 15.4 Å².